The summed E-state index contributed by atoms with van der Waals surface area (Å²) < 4.78 is 5.53. The summed E-state index contributed by atoms with van der Waals surface area (Å²) in [5, 5.41) is 6.64. The zero-order valence-electron chi connectivity index (χ0n) is 14.1. The normalized spacial score (nSPS) is 14.3. The molecule has 1 aliphatic carbocycles. The summed E-state index contributed by atoms with van der Waals surface area (Å²) in [7, 11) is 3.43. The second kappa shape index (κ2) is 8.41. The molecule has 1 amide bonds. The monoisotopic (exact) mass is 318 g/mol. The van der Waals surface area contributed by atoms with E-state index in [1.807, 2.05) is 24.3 Å². The quantitative estimate of drug-likeness (QED) is 0.589. The van der Waals surface area contributed by atoms with Gasteiger partial charge in [-0.1, -0.05) is 12.1 Å². The minimum absolute atomic E-state index is 0.0472. The van der Waals surface area contributed by atoms with E-state index in [1.54, 1.807) is 14.1 Å². The Bertz CT molecular complexity index is 553. The molecule has 1 aliphatic rings. The number of rotatable bonds is 7. The largest absolute Gasteiger partial charge is 0.484 e. The first kappa shape index (κ1) is 17.1. The first-order chi connectivity index (χ1) is 11.1. The number of amides is 1. The van der Waals surface area contributed by atoms with Crippen LogP contribution in [0.4, 0.5) is 0 Å². The molecule has 0 unspecified atom stereocenters. The maximum absolute atomic E-state index is 11.6. The van der Waals surface area contributed by atoms with Crippen LogP contribution in [0, 0.1) is 0 Å². The lowest BCUT2D eigenvalue weighted by Gasteiger charge is -2.12. The van der Waals surface area contributed by atoms with Gasteiger partial charge in [0.15, 0.2) is 12.6 Å². The molecule has 126 valence electrons. The second-order valence-corrected chi connectivity index (χ2v) is 5.84. The summed E-state index contributed by atoms with van der Waals surface area (Å²) >= 11 is 0. The Morgan fingerprint density at radius 2 is 2.17 bits per heavy atom. The molecule has 23 heavy (non-hydrogen) atoms. The molecule has 0 spiro atoms. The molecular weight excluding hydrogens is 292 g/mol. The van der Waals surface area contributed by atoms with Crippen LogP contribution in [0.1, 0.15) is 25.3 Å². The number of hydrogen-bond donors (Lipinski definition) is 2. The van der Waals surface area contributed by atoms with Gasteiger partial charge in [0.2, 0.25) is 0 Å². The molecule has 0 radical (unpaired) electrons. The number of carbonyl (C=O) groups is 1. The standard InChI is InChI=1S/C17H26N4O2/c1-4-18-17(20-14-8-9-14)19-11-13-6-5-7-15(10-13)23-12-16(22)21(2)3/h5-7,10,14H,4,8-9,11-12H2,1-3H3,(H2,18,19,20). The molecule has 2 N–H and O–H groups in total. The maximum atomic E-state index is 11.6. The average Bonchev–Trinajstić information content (AvgIpc) is 3.35. The van der Waals surface area contributed by atoms with Crippen LogP contribution in [-0.4, -0.2) is 50.1 Å². The van der Waals surface area contributed by atoms with Gasteiger partial charge in [-0.15, -0.1) is 0 Å². The fraction of sp³-hybridized carbons (Fsp3) is 0.529. The van der Waals surface area contributed by atoms with Gasteiger partial charge in [-0.2, -0.15) is 0 Å². The van der Waals surface area contributed by atoms with E-state index < -0.39 is 0 Å². The van der Waals surface area contributed by atoms with E-state index in [9.17, 15) is 4.79 Å². The molecule has 6 nitrogen and oxygen atoms in total. The number of guanidine groups is 1. The Labute approximate surface area is 137 Å². The number of carbonyl (C=O) groups excluding carboxylic acids is 1. The van der Waals surface area contributed by atoms with Gasteiger partial charge >= 0.3 is 0 Å². The predicted molar refractivity (Wildman–Crippen MR) is 91.6 cm³/mol. The highest BCUT2D eigenvalue weighted by Crippen LogP contribution is 2.18. The number of nitrogens with one attached hydrogen (secondary N) is 2. The van der Waals surface area contributed by atoms with Crippen LogP contribution in [0.3, 0.4) is 0 Å². The fourth-order valence-corrected chi connectivity index (χ4v) is 1.92. The molecule has 6 heteroatoms. The van der Waals surface area contributed by atoms with E-state index >= 15 is 0 Å². The van der Waals surface area contributed by atoms with Gasteiger partial charge < -0.3 is 20.3 Å². The van der Waals surface area contributed by atoms with Gasteiger partial charge in [0.1, 0.15) is 5.75 Å². The topological polar surface area (TPSA) is 66.0 Å². The smallest absolute Gasteiger partial charge is 0.259 e. The molecule has 1 aromatic rings. The van der Waals surface area contributed by atoms with Crippen LogP contribution < -0.4 is 15.4 Å². The van der Waals surface area contributed by atoms with E-state index in [0.29, 0.717) is 18.3 Å². The lowest BCUT2D eigenvalue weighted by Crippen LogP contribution is -2.38. The average molecular weight is 318 g/mol. The van der Waals surface area contributed by atoms with Crippen molar-refractivity contribution < 1.29 is 9.53 Å². The van der Waals surface area contributed by atoms with Crippen molar-refractivity contribution in [2.75, 3.05) is 27.2 Å². The van der Waals surface area contributed by atoms with Crippen molar-refractivity contribution in [1.29, 1.82) is 0 Å². The van der Waals surface area contributed by atoms with Crippen molar-refractivity contribution in [2.45, 2.75) is 32.4 Å². The van der Waals surface area contributed by atoms with E-state index in [0.717, 1.165) is 18.1 Å². The third-order valence-electron chi connectivity index (χ3n) is 3.44. The van der Waals surface area contributed by atoms with Gasteiger partial charge in [0.25, 0.3) is 5.91 Å². The Morgan fingerprint density at radius 3 is 2.83 bits per heavy atom. The first-order valence-electron chi connectivity index (χ1n) is 8.05. The zero-order valence-corrected chi connectivity index (χ0v) is 14.1. The SMILES string of the molecule is CCNC(=NCc1cccc(OCC(=O)N(C)C)c1)NC1CC1. The molecule has 1 aromatic carbocycles. The molecule has 0 aliphatic heterocycles. The molecule has 0 bridgehead atoms. The molecule has 0 atom stereocenters. The number of ether oxygens (including phenoxy) is 1. The minimum atomic E-state index is -0.0588. The van der Waals surface area contributed by atoms with Gasteiger partial charge in [-0.25, -0.2) is 4.99 Å². The molecule has 1 fully saturated rings. The van der Waals surface area contributed by atoms with Gasteiger partial charge in [0.05, 0.1) is 6.54 Å². The van der Waals surface area contributed by atoms with E-state index in [2.05, 4.69) is 22.5 Å². The van der Waals surface area contributed by atoms with Gasteiger partial charge in [-0.05, 0) is 37.5 Å². The summed E-state index contributed by atoms with van der Waals surface area (Å²) in [6.07, 6.45) is 2.43. The molecule has 0 saturated heterocycles. The molecule has 2 rings (SSSR count). The van der Waals surface area contributed by atoms with Crippen LogP contribution in [0.25, 0.3) is 0 Å². The summed E-state index contributed by atoms with van der Waals surface area (Å²) in [5.74, 6) is 1.48. The van der Waals surface area contributed by atoms with Crippen molar-refractivity contribution in [2.24, 2.45) is 4.99 Å². The highest BCUT2D eigenvalue weighted by molar-refractivity contribution is 5.80. The van der Waals surface area contributed by atoms with E-state index in [-0.39, 0.29) is 12.5 Å². The lowest BCUT2D eigenvalue weighted by atomic mass is 10.2. The van der Waals surface area contributed by atoms with Crippen LogP contribution in [0.5, 0.6) is 5.75 Å². The Hall–Kier alpha value is -2.24. The van der Waals surface area contributed by atoms with Crippen molar-refractivity contribution in [3.8, 4) is 5.75 Å². The Kier molecular flexibility index (Phi) is 6.26. The van der Waals surface area contributed by atoms with Gasteiger partial charge in [0, 0.05) is 26.7 Å². The number of likely N-dealkylation sites (N-methyl/N-ethyl adjacent to an activating group) is 1. The minimum Gasteiger partial charge on any atom is -0.484 e. The number of aliphatic imine (C=N–C) groups is 1. The third-order valence-corrected chi connectivity index (χ3v) is 3.44. The second-order valence-electron chi connectivity index (χ2n) is 5.84. The highest BCUT2D eigenvalue weighted by atomic mass is 16.5. The van der Waals surface area contributed by atoms with Crippen LogP contribution in [-0.2, 0) is 11.3 Å². The predicted octanol–water partition coefficient (Wildman–Crippen LogP) is 1.37. The van der Waals surface area contributed by atoms with Crippen molar-refractivity contribution >= 4 is 11.9 Å². The van der Waals surface area contributed by atoms with Crippen LogP contribution in [0.15, 0.2) is 29.3 Å². The van der Waals surface area contributed by atoms with Gasteiger partial charge in [-0.3, -0.25) is 4.79 Å². The molecule has 0 heterocycles. The zero-order chi connectivity index (χ0) is 16.7. The van der Waals surface area contributed by atoms with Crippen molar-refractivity contribution in [3.05, 3.63) is 29.8 Å². The maximum Gasteiger partial charge on any atom is 0.259 e. The number of nitrogens with zero attached hydrogens (tertiary/aromatic N) is 2. The first-order valence-corrected chi connectivity index (χ1v) is 8.05. The summed E-state index contributed by atoms with van der Waals surface area (Å²) in [4.78, 5) is 17.7. The lowest BCUT2D eigenvalue weighted by molar-refractivity contribution is -0.130. The summed E-state index contributed by atoms with van der Waals surface area (Å²) in [6.45, 7) is 3.52. The third kappa shape index (κ3) is 6.18. The Balaban J connectivity index is 1.91. The summed E-state index contributed by atoms with van der Waals surface area (Å²) in [6, 6.07) is 8.27. The molecule has 0 aromatic heterocycles. The Morgan fingerprint density at radius 1 is 1.39 bits per heavy atom. The van der Waals surface area contributed by atoms with Crippen LogP contribution >= 0.6 is 0 Å². The summed E-state index contributed by atoms with van der Waals surface area (Å²) in [5.41, 5.74) is 1.05. The van der Waals surface area contributed by atoms with Crippen LogP contribution in [0.2, 0.25) is 0 Å². The van der Waals surface area contributed by atoms with E-state index in [1.165, 1.54) is 17.7 Å². The van der Waals surface area contributed by atoms with E-state index in [4.69, 9.17) is 4.74 Å². The number of benzene rings is 1. The number of hydrogen-bond acceptors (Lipinski definition) is 3. The molecular formula is C17H26N4O2. The van der Waals surface area contributed by atoms with Crippen molar-refractivity contribution in [1.82, 2.24) is 15.5 Å². The molecule has 1 saturated carbocycles. The van der Waals surface area contributed by atoms with Crippen molar-refractivity contribution in [3.63, 3.8) is 0 Å². The highest BCUT2D eigenvalue weighted by Gasteiger charge is 2.21. The fourth-order valence-electron chi connectivity index (χ4n) is 1.92.